The van der Waals surface area contributed by atoms with E-state index in [9.17, 15) is 9.59 Å². The van der Waals surface area contributed by atoms with E-state index >= 15 is 0 Å². The van der Waals surface area contributed by atoms with Gasteiger partial charge in [-0.3, -0.25) is 4.90 Å². The van der Waals surface area contributed by atoms with Gasteiger partial charge in [-0.25, -0.2) is 9.59 Å². The van der Waals surface area contributed by atoms with Crippen LogP contribution in [0.1, 0.15) is 32.1 Å². The van der Waals surface area contributed by atoms with Gasteiger partial charge >= 0.3 is 12.1 Å². The quantitative estimate of drug-likeness (QED) is 0.756. The normalized spacial score (nSPS) is 31.7. The van der Waals surface area contributed by atoms with Crippen molar-refractivity contribution in [3.8, 4) is 0 Å². The monoisotopic (exact) mass is 320 g/mol. The molecule has 0 saturated carbocycles. The number of carbonyl (C=O) groups excluding carboxylic acids is 2. The number of urea groups is 1. The lowest BCUT2D eigenvalue weighted by Gasteiger charge is -2.43. The Morgan fingerprint density at radius 3 is 2.74 bits per heavy atom. The molecule has 3 amide bonds. The first kappa shape index (κ1) is 14.7. The number of rotatable bonds is 1. The number of likely N-dealkylation sites (tertiary alicyclic amines) is 1. The number of ether oxygens (including phenoxy) is 1. The van der Waals surface area contributed by atoms with Crippen LogP contribution in [0.4, 0.5) is 9.59 Å². The highest BCUT2D eigenvalue weighted by atomic mass is 16.5. The van der Waals surface area contributed by atoms with Gasteiger partial charge in [0.25, 0.3) is 0 Å². The van der Waals surface area contributed by atoms with Gasteiger partial charge in [-0.1, -0.05) is 0 Å². The van der Waals surface area contributed by atoms with Crippen LogP contribution >= 0.6 is 0 Å². The van der Waals surface area contributed by atoms with Crippen LogP contribution in [0.5, 0.6) is 0 Å². The van der Waals surface area contributed by atoms with E-state index in [4.69, 9.17) is 4.74 Å². The summed E-state index contributed by atoms with van der Waals surface area (Å²) < 4.78 is 4.92. The number of amides is 3. The Kier molecular flexibility index (Phi) is 3.39. The summed E-state index contributed by atoms with van der Waals surface area (Å²) in [5.41, 5.74) is 1.31. The van der Waals surface area contributed by atoms with Crippen molar-refractivity contribution in [2.45, 2.75) is 49.7 Å². The van der Waals surface area contributed by atoms with Crippen LogP contribution in [0, 0.1) is 0 Å². The lowest BCUT2D eigenvalue weighted by molar-refractivity contribution is 0.0998. The van der Waals surface area contributed by atoms with Gasteiger partial charge < -0.3 is 20.3 Å². The predicted molar refractivity (Wildman–Crippen MR) is 83.8 cm³/mol. The Morgan fingerprint density at radius 1 is 1.35 bits per heavy atom. The molecule has 0 radical (unpaired) electrons. The second kappa shape index (κ2) is 5.32. The van der Waals surface area contributed by atoms with Gasteiger partial charge in [0, 0.05) is 37.8 Å². The predicted octanol–water partition coefficient (Wildman–Crippen LogP) is 1.02. The molecule has 4 rings (SSSR count). The highest BCUT2D eigenvalue weighted by Gasteiger charge is 2.44. The fourth-order valence-electron chi connectivity index (χ4n) is 4.53. The molecule has 2 atom stereocenters. The molecule has 7 heteroatoms. The lowest BCUT2D eigenvalue weighted by atomic mass is 9.88. The molecule has 3 saturated heterocycles. The summed E-state index contributed by atoms with van der Waals surface area (Å²) in [6, 6.07) is 0.415. The maximum Gasteiger partial charge on any atom is 0.410 e. The number of hydrogen-bond acceptors (Lipinski definition) is 4. The zero-order valence-corrected chi connectivity index (χ0v) is 13.5. The summed E-state index contributed by atoms with van der Waals surface area (Å²) in [5.74, 6) is 0. The zero-order chi connectivity index (χ0) is 16.0. The fraction of sp³-hybridized carbons (Fsp3) is 0.750. The molecule has 1 spiro atoms. The molecule has 3 fully saturated rings. The number of piperidine rings is 1. The Balaban J connectivity index is 1.43. The Labute approximate surface area is 136 Å². The number of carbonyl (C=O) groups is 2. The molecular weight excluding hydrogens is 296 g/mol. The van der Waals surface area contributed by atoms with E-state index in [1.54, 1.807) is 0 Å². The van der Waals surface area contributed by atoms with Gasteiger partial charge in [-0.15, -0.1) is 0 Å². The van der Waals surface area contributed by atoms with E-state index < -0.39 is 0 Å². The molecule has 2 unspecified atom stereocenters. The first-order valence-corrected chi connectivity index (χ1v) is 8.48. The van der Waals surface area contributed by atoms with E-state index in [2.05, 4.69) is 21.6 Å². The van der Waals surface area contributed by atoms with Crippen molar-refractivity contribution < 1.29 is 14.3 Å². The van der Waals surface area contributed by atoms with E-state index in [0.29, 0.717) is 0 Å². The van der Waals surface area contributed by atoms with Crippen molar-refractivity contribution in [1.29, 1.82) is 0 Å². The number of methoxy groups -OCH3 is 1. The molecule has 4 aliphatic heterocycles. The molecule has 0 aromatic carbocycles. The average molecular weight is 320 g/mol. The lowest BCUT2D eigenvalue weighted by Crippen LogP contribution is -2.53. The Bertz CT molecular complexity index is 554. The van der Waals surface area contributed by atoms with Crippen LogP contribution in [0.2, 0.25) is 0 Å². The van der Waals surface area contributed by atoms with Crippen LogP contribution in [0.3, 0.4) is 0 Å². The number of hydrogen-bond donors (Lipinski definition) is 2. The number of fused-ring (bicyclic) bond motifs is 2. The first-order valence-electron chi connectivity index (χ1n) is 8.48. The summed E-state index contributed by atoms with van der Waals surface area (Å²) in [6.07, 6.45) is 6.99. The minimum Gasteiger partial charge on any atom is -0.453 e. The first-order chi connectivity index (χ1) is 11.1. The van der Waals surface area contributed by atoms with Crippen LogP contribution in [0.15, 0.2) is 11.8 Å². The summed E-state index contributed by atoms with van der Waals surface area (Å²) in [7, 11) is 1.45. The van der Waals surface area contributed by atoms with Gasteiger partial charge in [0.05, 0.1) is 18.7 Å². The van der Waals surface area contributed by atoms with Crippen molar-refractivity contribution in [1.82, 2.24) is 20.4 Å². The van der Waals surface area contributed by atoms with Gasteiger partial charge in [-0.05, 0) is 31.8 Å². The Hall–Kier alpha value is -1.92. The summed E-state index contributed by atoms with van der Waals surface area (Å²) in [4.78, 5) is 27.7. The van der Waals surface area contributed by atoms with E-state index in [-0.39, 0.29) is 29.7 Å². The van der Waals surface area contributed by atoms with E-state index in [1.165, 1.54) is 12.8 Å². The molecular formula is C16H24N4O3. The van der Waals surface area contributed by atoms with Gasteiger partial charge in [-0.2, -0.15) is 0 Å². The third-order valence-corrected chi connectivity index (χ3v) is 5.85. The van der Waals surface area contributed by atoms with Crippen molar-refractivity contribution in [3.63, 3.8) is 0 Å². The van der Waals surface area contributed by atoms with Gasteiger partial charge in [0.1, 0.15) is 0 Å². The standard InChI is InChI=1S/C16H24N4O3/c1-23-15(22)20-11-2-3-12(20)9-13(8-11)19-6-4-16(5-7-19)10-17-14(21)18-16/h8,11-12H,2-7,9-10H2,1H3,(H2,17,18,21). The molecule has 4 heterocycles. The van der Waals surface area contributed by atoms with Crippen molar-refractivity contribution in [2.75, 3.05) is 26.7 Å². The average Bonchev–Trinajstić information content (AvgIpc) is 3.04. The summed E-state index contributed by atoms with van der Waals surface area (Å²) >= 11 is 0. The molecule has 126 valence electrons. The van der Waals surface area contributed by atoms with Crippen LogP contribution in [0.25, 0.3) is 0 Å². The molecule has 0 aromatic heterocycles. The van der Waals surface area contributed by atoms with Crippen LogP contribution in [-0.4, -0.2) is 66.3 Å². The molecule has 0 aliphatic carbocycles. The maximum absolute atomic E-state index is 11.9. The van der Waals surface area contributed by atoms with Crippen molar-refractivity contribution in [2.24, 2.45) is 0 Å². The second-order valence-electron chi connectivity index (χ2n) is 7.11. The largest absolute Gasteiger partial charge is 0.453 e. The minimum absolute atomic E-state index is 0.0397. The second-order valence-corrected chi connectivity index (χ2v) is 7.11. The zero-order valence-electron chi connectivity index (χ0n) is 13.5. The smallest absolute Gasteiger partial charge is 0.410 e. The topological polar surface area (TPSA) is 73.9 Å². The van der Waals surface area contributed by atoms with Gasteiger partial charge in [0.2, 0.25) is 0 Å². The molecule has 0 aromatic rings. The summed E-state index contributed by atoms with van der Waals surface area (Å²) in [5, 5.41) is 5.97. The van der Waals surface area contributed by atoms with E-state index in [1.807, 2.05) is 4.90 Å². The number of nitrogens with zero attached hydrogens (tertiary/aromatic N) is 2. The van der Waals surface area contributed by atoms with E-state index in [0.717, 1.165) is 51.7 Å². The van der Waals surface area contributed by atoms with Crippen LogP contribution < -0.4 is 10.6 Å². The number of nitrogens with one attached hydrogen (secondary N) is 2. The summed E-state index contributed by atoms with van der Waals surface area (Å²) in [6.45, 7) is 2.66. The van der Waals surface area contributed by atoms with Crippen molar-refractivity contribution in [3.05, 3.63) is 11.8 Å². The SMILES string of the molecule is COC(=O)N1C2C=C(N3CCC4(CC3)CNC(=O)N4)CC1CC2. The molecule has 7 nitrogen and oxygen atoms in total. The Morgan fingerprint density at radius 2 is 2.13 bits per heavy atom. The van der Waals surface area contributed by atoms with Crippen LogP contribution in [-0.2, 0) is 4.74 Å². The molecule has 23 heavy (non-hydrogen) atoms. The fourth-order valence-corrected chi connectivity index (χ4v) is 4.53. The molecule has 2 bridgehead atoms. The third-order valence-electron chi connectivity index (χ3n) is 5.85. The molecule has 4 aliphatic rings. The minimum atomic E-state index is -0.204. The highest BCUT2D eigenvalue weighted by molar-refractivity contribution is 5.77. The van der Waals surface area contributed by atoms with Crippen molar-refractivity contribution >= 4 is 12.1 Å². The third kappa shape index (κ3) is 2.42. The maximum atomic E-state index is 11.9. The highest BCUT2D eigenvalue weighted by Crippen LogP contribution is 2.38. The van der Waals surface area contributed by atoms with Gasteiger partial charge in [0.15, 0.2) is 0 Å². The molecule has 2 N–H and O–H groups in total.